The maximum absolute atomic E-state index is 2.38. The second kappa shape index (κ2) is 11.6. The first-order chi connectivity index (χ1) is 24.8. The maximum Gasteiger partial charge on any atom is -0.00201 e. The Morgan fingerprint density at radius 2 is 0.620 bits per heavy atom. The molecule has 0 spiro atoms. The van der Waals surface area contributed by atoms with Crippen LogP contribution in [-0.2, 0) is 0 Å². The van der Waals surface area contributed by atoms with Gasteiger partial charge in [0.05, 0.1) is 0 Å². The standard InChI is InChI=1S/C50H32/c1-3-15-41-35(11-1)13-9-21-42(41)37-27-23-33(24-28-37)38-29-25-34-26-30-39(32-40(34)31-38)49-45-17-5-7-19-47(45)50(48-20-8-6-18-46(48)49)44-22-10-14-36-12-2-4-16-43(36)44/h1-32H. The molecule has 0 aliphatic carbocycles. The van der Waals surface area contributed by atoms with Crippen LogP contribution in [0.25, 0.3) is 98.4 Å². The fraction of sp³-hybridized carbons (Fsp3) is 0. The van der Waals surface area contributed by atoms with Crippen LogP contribution in [0.2, 0.25) is 0 Å². The average Bonchev–Trinajstić information content (AvgIpc) is 3.19. The van der Waals surface area contributed by atoms with E-state index in [9.17, 15) is 0 Å². The first-order valence-corrected chi connectivity index (χ1v) is 17.3. The highest BCUT2D eigenvalue weighted by atomic mass is 14.2. The number of fused-ring (bicyclic) bond motifs is 5. The summed E-state index contributed by atoms with van der Waals surface area (Å²) in [6.07, 6.45) is 0. The van der Waals surface area contributed by atoms with E-state index in [4.69, 9.17) is 0 Å². The van der Waals surface area contributed by atoms with Crippen molar-refractivity contribution in [2.75, 3.05) is 0 Å². The maximum atomic E-state index is 2.38. The van der Waals surface area contributed by atoms with E-state index in [0.29, 0.717) is 0 Å². The van der Waals surface area contributed by atoms with Crippen LogP contribution in [0.5, 0.6) is 0 Å². The summed E-state index contributed by atoms with van der Waals surface area (Å²) in [4.78, 5) is 0. The van der Waals surface area contributed by atoms with Crippen molar-refractivity contribution in [1.29, 1.82) is 0 Å². The summed E-state index contributed by atoms with van der Waals surface area (Å²) in [7, 11) is 0. The Bertz CT molecular complexity index is 2840. The van der Waals surface area contributed by atoms with Crippen LogP contribution in [0.3, 0.4) is 0 Å². The Balaban J connectivity index is 1.12. The van der Waals surface area contributed by atoms with Gasteiger partial charge < -0.3 is 0 Å². The Hall–Kier alpha value is -6.50. The van der Waals surface area contributed by atoms with Gasteiger partial charge in [0.15, 0.2) is 0 Å². The smallest absolute Gasteiger partial charge is 0.00201 e. The Kier molecular flexibility index (Phi) is 6.60. The third-order valence-electron chi connectivity index (χ3n) is 10.4. The van der Waals surface area contributed by atoms with E-state index in [2.05, 4.69) is 194 Å². The lowest BCUT2D eigenvalue weighted by Gasteiger charge is -2.19. The van der Waals surface area contributed by atoms with E-state index in [0.717, 1.165) is 0 Å². The molecule has 10 aromatic carbocycles. The van der Waals surface area contributed by atoms with E-state index in [1.807, 2.05) is 0 Å². The van der Waals surface area contributed by atoms with Crippen molar-refractivity contribution in [1.82, 2.24) is 0 Å². The SMILES string of the molecule is c1ccc2c(-c3ccc(-c4ccc5ccc(-c6c7ccccc7c(-c7cccc8ccccc78)c7ccccc67)cc5c4)cc3)cccc2c1. The fourth-order valence-corrected chi connectivity index (χ4v) is 8.07. The fourth-order valence-electron chi connectivity index (χ4n) is 8.07. The molecule has 0 aliphatic rings. The molecule has 0 fully saturated rings. The highest BCUT2D eigenvalue weighted by molar-refractivity contribution is 6.23. The van der Waals surface area contributed by atoms with Crippen molar-refractivity contribution in [3.8, 4) is 44.5 Å². The first kappa shape index (κ1) is 28.5. The minimum absolute atomic E-state index is 1.22. The lowest BCUT2D eigenvalue weighted by molar-refractivity contribution is 1.62. The summed E-state index contributed by atoms with van der Waals surface area (Å²) in [5.74, 6) is 0. The van der Waals surface area contributed by atoms with Crippen LogP contribution in [0, 0.1) is 0 Å². The summed E-state index contributed by atoms with van der Waals surface area (Å²) in [6.45, 7) is 0. The quantitative estimate of drug-likeness (QED) is 0.169. The molecule has 0 heteroatoms. The zero-order valence-corrected chi connectivity index (χ0v) is 27.5. The van der Waals surface area contributed by atoms with Crippen LogP contribution in [0.15, 0.2) is 194 Å². The number of hydrogen-bond donors (Lipinski definition) is 0. The zero-order valence-electron chi connectivity index (χ0n) is 27.5. The molecule has 0 nitrogen and oxygen atoms in total. The molecular formula is C50H32. The van der Waals surface area contributed by atoms with Gasteiger partial charge in [-0.3, -0.25) is 0 Å². The van der Waals surface area contributed by atoms with Gasteiger partial charge in [-0.2, -0.15) is 0 Å². The number of rotatable bonds is 4. The summed E-state index contributed by atoms with van der Waals surface area (Å²) < 4.78 is 0. The van der Waals surface area contributed by atoms with Gasteiger partial charge in [-0.25, -0.2) is 0 Å². The molecule has 232 valence electrons. The predicted octanol–water partition coefficient (Wildman–Crippen LogP) is 14.1. The molecule has 10 rings (SSSR count). The van der Waals surface area contributed by atoms with Crippen molar-refractivity contribution in [2.24, 2.45) is 0 Å². The third kappa shape index (κ3) is 4.61. The van der Waals surface area contributed by atoms with Crippen LogP contribution in [-0.4, -0.2) is 0 Å². The summed E-state index contributed by atoms with van der Waals surface area (Å²) in [5, 5.41) is 12.7. The minimum atomic E-state index is 1.22. The van der Waals surface area contributed by atoms with Crippen molar-refractivity contribution in [3.05, 3.63) is 194 Å². The van der Waals surface area contributed by atoms with E-state index in [1.54, 1.807) is 0 Å². The van der Waals surface area contributed by atoms with Gasteiger partial charge in [-0.05, 0) is 111 Å². The monoisotopic (exact) mass is 632 g/mol. The van der Waals surface area contributed by atoms with Gasteiger partial charge in [0, 0.05) is 0 Å². The van der Waals surface area contributed by atoms with Gasteiger partial charge in [-0.1, -0.05) is 182 Å². The minimum Gasteiger partial charge on any atom is -0.0616 e. The second-order valence-electron chi connectivity index (χ2n) is 13.2. The van der Waals surface area contributed by atoms with Crippen molar-refractivity contribution >= 4 is 53.9 Å². The highest BCUT2D eigenvalue weighted by Crippen LogP contribution is 2.45. The molecule has 0 bridgehead atoms. The Labute approximate surface area is 291 Å². The second-order valence-corrected chi connectivity index (χ2v) is 13.2. The first-order valence-electron chi connectivity index (χ1n) is 17.3. The number of hydrogen-bond acceptors (Lipinski definition) is 0. The molecule has 0 aliphatic heterocycles. The van der Waals surface area contributed by atoms with Crippen LogP contribution < -0.4 is 0 Å². The zero-order chi connectivity index (χ0) is 33.0. The van der Waals surface area contributed by atoms with E-state index in [-0.39, 0.29) is 0 Å². The lowest BCUT2D eigenvalue weighted by atomic mass is 9.84. The number of benzene rings is 10. The van der Waals surface area contributed by atoms with Crippen LogP contribution in [0.1, 0.15) is 0 Å². The highest BCUT2D eigenvalue weighted by Gasteiger charge is 2.18. The molecule has 50 heavy (non-hydrogen) atoms. The van der Waals surface area contributed by atoms with Crippen molar-refractivity contribution in [3.63, 3.8) is 0 Å². The van der Waals surface area contributed by atoms with Gasteiger partial charge >= 0.3 is 0 Å². The molecule has 0 aromatic heterocycles. The molecule has 0 atom stereocenters. The van der Waals surface area contributed by atoms with Crippen LogP contribution in [0.4, 0.5) is 0 Å². The van der Waals surface area contributed by atoms with Gasteiger partial charge in [-0.15, -0.1) is 0 Å². The van der Waals surface area contributed by atoms with Crippen molar-refractivity contribution < 1.29 is 0 Å². The summed E-state index contributed by atoms with van der Waals surface area (Å²) in [6, 6.07) is 71.3. The normalized spacial score (nSPS) is 11.6. The van der Waals surface area contributed by atoms with Gasteiger partial charge in [0.2, 0.25) is 0 Å². The molecule has 0 N–H and O–H groups in total. The largest absolute Gasteiger partial charge is 0.0616 e. The summed E-state index contributed by atoms with van der Waals surface area (Å²) in [5.41, 5.74) is 10.0. The Morgan fingerprint density at radius 1 is 0.200 bits per heavy atom. The molecule has 0 saturated carbocycles. The molecule has 0 amide bonds. The lowest BCUT2D eigenvalue weighted by Crippen LogP contribution is -1.91. The van der Waals surface area contributed by atoms with Crippen LogP contribution >= 0.6 is 0 Å². The van der Waals surface area contributed by atoms with E-state index in [1.165, 1.54) is 98.4 Å². The molecule has 10 aromatic rings. The molecule has 0 radical (unpaired) electrons. The molecule has 0 saturated heterocycles. The van der Waals surface area contributed by atoms with Crippen molar-refractivity contribution in [2.45, 2.75) is 0 Å². The van der Waals surface area contributed by atoms with E-state index >= 15 is 0 Å². The third-order valence-corrected chi connectivity index (χ3v) is 10.4. The van der Waals surface area contributed by atoms with Gasteiger partial charge in [0.25, 0.3) is 0 Å². The summed E-state index contributed by atoms with van der Waals surface area (Å²) >= 11 is 0. The van der Waals surface area contributed by atoms with E-state index < -0.39 is 0 Å². The molecular weight excluding hydrogens is 601 g/mol. The average molecular weight is 633 g/mol. The molecule has 0 heterocycles. The predicted molar refractivity (Wildman–Crippen MR) is 216 cm³/mol. The molecule has 0 unspecified atom stereocenters. The topological polar surface area (TPSA) is 0 Å². The van der Waals surface area contributed by atoms with Gasteiger partial charge in [0.1, 0.15) is 0 Å². The Morgan fingerprint density at radius 3 is 1.24 bits per heavy atom.